The molecule has 13 heavy (non-hydrogen) atoms. The standard InChI is InChI=1S/C9H15NO3/c1-4(5(2)11)8-7(6(3)12)9(13)10-8/h4,6-8,12H,1-3H3,(H,10,13)/t4-,6-,7+,8+/m0/s1. The molecule has 0 aromatic rings. The fourth-order valence-corrected chi connectivity index (χ4v) is 1.63. The van der Waals surface area contributed by atoms with Crippen molar-refractivity contribution in [2.45, 2.75) is 32.9 Å². The van der Waals surface area contributed by atoms with Crippen molar-refractivity contribution in [2.75, 3.05) is 0 Å². The topological polar surface area (TPSA) is 66.4 Å². The summed E-state index contributed by atoms with van der Waals surface area (Å²) in [6, 6.07) is -0.190. The molecule has 1 heterocycles. The first-order chi connectivity index (χ1) is 5.95. The Bertz CT molecular complexity index is 237. The van der Waals surface area contributed by atoms with Crippen LogP contribution in [-0.4, -0.2) is 28.9 Å². The number of carbonyl (C=O) groups excluding carboxylic acids is 2. The number of ketones is 1. The zero-order valence-electron chi connectivity index (χ0n) is 8.07. The summed E-state index contributed by atoms with van der Waals surface area (Å²) in [7, 11) is 0. The smallest absolute Gasteiger partial charge is 0.228 e. The molecule has 1 rings (SSSR count). The molecule has 74 valence electrons. The summed E-state index contributed by atoms with van der Waals surface area (Å²) in [5.41, 5.74) is 0. The zero-order chi connectivity index (χ0) is 10.2. The number of aliphatic hydroxyl groups is 1. The summed E-state index contributed by atoms with van der Waals surface area (Å²) in [6.07, 6.45) is -0.680. The first kappa shape index (κ1) is 10.2. The van der Waals surface area contributed by atoms with Crippen LogP contribution in [0.5, 0.6) is 0 Å². The maximum absolute atomic E-state index is 11.0. The Labute approximate surface area is 77.3 Å². The number of rotatable bonds is 3. The van der Waals surface area contributed by atoms with Crippen LogP contribution in [0.1, 0.15) is 20.8 Å². The number of amides is 1. The van der Waals surface area contributed by atoms with E-state index in [1.165, 1.54) is 6.92 Å². The average molecular weight is 185 g/mol. The highest BCUT2D eigenvalue weighted by molar-refractivity contribution is 5.89. The summed E-state index contributed by atoms with van der Waals surface area (Å²) in [6.45, 7) is 4.83. The Kier molecular flexibility index (Phi) is 2.71. The van der Waals surface area contributed by atoms with E-state index in [4.69, 9.17) is 0 Å². The number of hydrogen-bond acceptors (Lipinski definition) is 3. The summed E-state index contributed by atoms with van der Waals surface area (Å²) in [5.74, 6) is -0.750. The molecule has 0 aliphatic carbocycles. The molecule has 0 spiro atoms. The Hall–Kier alpha value is -0.900. The summed E-state index contributed by atoms with van der Waals surface area (Å²) in [5, 5.41) is 11.9. The largest absolute Gasteiger partial charge is 0.393 e. The van der Waals surface area contributed by atoms with Gasteiger partial charge >= 0.3 is 0 Å². The first-order valence-corrected chi connectivity index (χ1v) is 4.44. The van der Waals surface area contributed by atoms with Crippen molar-refractivity contribution in [1.82, 2.24) is 5.32 Å². The average Bonchev–Trinajstić information content (AvgIpc) is 1.97. The molecule has 1 fully saturated rings. The van der Waals surface area contributed by atoms with Crippen LogP contribution in [0.4, 0.5) is 0 Å². The lowest BCUT2D eigenvalue weighted by atomic mass is 9.77. The minimum atomic E-state index is -0.680. The minimum Gasteiger partial charge on any atom is -0.393 e. The van der Waals surface area contributed by atoms with Crippen LogP contribution in [0, 0.1) is 11.8 Å². The van der Waals surface area contributed by atoms with Crippen molar-refractivity contribution < 1.29 is 14.7 Å². The number of Topliss-reactive ketones (excluding diaryl/α,β-unsaturated/α-hetero) is 1. The van der Waals surface area contributed by atoms with Crippen molar-refractivity contribution in [1.29, 1.82) is 0 Å². The second kappa shape index (κ2) is 3.46. The SMILES string of the molecule is CC(=O)[C@H](C)[C@H]1NC(=O)[C@@H]1[C@H](C)O. The van der Waals surface area contributed by atoms with Crippen molar-refractivity contribution >= 4 is 11.7 Å². The van der Waals surface area contributed by atoms with Crippen molar-refractivity contribution in [2.24, 2.45) is 11.8 Å². The van der Waals surface area contributed by atoms with Gasteiger partial charge in [0, 0.05) is 5.92 Å². The Morgan fingerprint density at radius 3 is 2.38 bits per heavy atom. The second-order valence-electron chi connectivity index (χ2n) is 3.70. The van der Waals surface area contributed by atoms with Crippen molar-refractivity contribution in [3.05, 3.63) is 0 Å². The van der Waals surface area contributed by atoms with E-state index in [1.54, 1.807) is 13.8 Å². The highest BCUT2D eigenvalue weighted by atomic mass is 16.3. The molecule has 0 aromatic heterocycles. The van der Waals surface area contributed by atoms with Crippen molar-refractivity contribution in [3.63, 3.8) is 0 Å². The third-order valence-corrected chi connectivity index (χ3v) is 2.70. The van der Waals surface area contributed by atoms with E-state index in [0.717, 1.165) is 0 Å². The van der Waals surface area contributed by atoms with E-state index in [1.807, 2.05) is 0 Å². The first-order valence-electron chi connectivity index (χ1n) is 4.44. The van der Waals surface area contributed by atoms with Gasteiger partial charge in [0.05, 0.1) is 18.1 Å². The fraction of sp³-hybridized carbons (Fsp3) is 0.778. The van der Waals surface area contributed by atoms with E-state index in [2.05, 4.69) is 5.32 Å². The molecule has 0 saturated carbocycles. The lowest BCUT2D eigenvalue weighted by Gasteiger charge is -2.41. The highest BCUT2D eigenvalue weighted by Gasteiger charge is 2.46. The van der Waals surface area contributed by atoms with Crippen LogP contribution in [0.25, 0.3) is 0 Å². The van der Waals surface area contributed by atoms with E-state index in [9.17, 15) is 14.7 Å². The van der Waals surface area contributed by atoms with Gasteiger partial charge in [0.15, 0.2) is 0 Å². The van der Waals surface area contributed by atoms with Crippen LogP contribution in [0.2, 0.25) is 0 Å². The zero-order valence-corrected chi connectivity index (χ0v) is 8.07. The second-order valence-corrected chi connectivity index (χ2v) is 3.70. The predicted molar refractivity (Wildman–Crippen MR) is 46.9 cm³/mol. The van der Waals surface area contributed by atoms with Crippen LogP contribution in [0.15, 0.2) is 0 Å². The molecule has 0 aromatic carbocycles. The normalized spacial score (nSPS) is 31.5. The van der Waals surface area contributed by atoms with Gasteiger partial charge in [0.1, 0.15) is 5.78 Å². The highest BCUT2D eigenvalue weighted by Crippen LogP contribution is 2.25. The number of nitrogens with one attached hydrogen (secondary N) is 1. The Morgan fingerprint density at radius 1 is 1.54 bits per heavy atom. The molecule has 1 saturated heterocycles. The summed E-state index contributed by atoms with van der Waals surface area (Å²) >= 11 is 0. The molecule has 1 aliphatic rings. The van der Waals surface area contributed by atoms with Gasteiger partial charge in [-0.25, -0.2) is 0 Å². The fourth-order valence-electron chi connectivity index (χ4n) is 1.63. The van der Waals surface area contributed by atoms with E-state index >= 15 is 0 Å². The third kappa shape index (κ3) is 1.72. The van der Waals surface area contributed by atoms with E-state index < -0.39 is 12.0 Å². The number of β-lactam (4-membered cyclic amide) rings is 1. The van der Waals surface area contributed by atoms with Crippen LogP contribution in [0.3, 0.4) is 0 Å². The lowest BCUT2D eigenvalue weighted by Crippen LogP contribution is -2.65. The van der Waals surface area contributed by atoms with Gasteiger partial charge in [0.25, 0.3) is 0 Å². The molecule has 0 radical (unpaired) electrons. The minimum absolute atomic E-state index is 0.0376. The molecule has 0 unspecified atom stereocenters. The molecular formula is C9H15NO3. The van der Waals surface area contributed by atoms with Crippen LogP contribution < -0.4 is 5.32 Å². The van der Waals surface area contributed by atoms with Gasteiger partial charge in [0.2, 0.25) is 5.91 Å². The van der Waals surface area contributed by atoms with Gasteiger partial charge < -0.3 is 10.4 Å². The summed E-state index contributed by atoms with van der Waals surface area (Å²) in [4.78, 5) is 22.0. The van der Waals surface area contributed by atoms with Crippen LogP contribution >= 0.6 is 0 Å². The van der Waals surface area contributed by atoms with E-state index in [-0.39, 0.29) is 23.7 Å². The molecule has 0 bridgehead atoms. The predicted octanol–water partition coefficient (Wildman–Crippen LogP) is -0.293. The third-order valence-electron chi connectivity index (χ3n) is 2.70. The van der Waals surface area contributed by atoms with Gasteiger partial charge in [-0.3, -0.25) is 9.59 Å². The lowest BCUT2D eigenvalue weighted by molar-refractivity contribution is -0.144. The molecule has 4 atom stereocenters. The number of hydrogen-bond donors (Lipinski definition) is 2. The van der Waals surface area contributed by atoms with E-state index in [0.29, 0.717) is 0 Å². The molecule has 2 N–H and O–H groups in total. The number of carbonyl (C=O) groups is 2. The maximum atomic E-state index is 11.0. The summed E-state index contributed by atoms with van der Waals surface area (Å²) < 4.78 is 0. The molecular weight excluding hydrogens is 170 g/mol. The van der Waals surface area contributed by atoms with Gasteiger partial charge in [-0.1, -0.05) is 6.92 Å². The van der Waals surface area contributed by atoms with Crippen LogP contribution in [-0.2, 0) is 9.59 Å². The van der Waals surface area contributed by atoms with Gasteiger partial charge in [-0.05, 0) is 13.8 Å². The Balaban J connectivity index is 2.64. The Morgan fingerprint density at radius 2 is 2.08 bits per heavy atom. The monoisotopic (exact) mass is 185 g/mol. The molecule has 4 heteroatoms. The van der Waals surface area contributed by atoms with Gasteiger partial charge in [-0.15, -0.1) is 0 Å². The van der Waals surface area contributed by atoms with Crippen molar-refractivity contribution in [3.8, 4) is 0 Å². The number of aliphatic hydroxyl groups excluding tert-OH is 1. The molecule has 4 nitrogen and oxygen atoms in total. The molecule has 1 aliphatic heterocycles. The molecule has 1 amide bonds. The maximum Gasteiger partial charge on any atom is 0.228 e. The quantitative estimate of drug-likeness (QED) is 0.594. The van der Waals surface area contributed by atoms with Gasteiger partial charge in [-0.2, -0.15) is 0 Å².